The van der Waals surface area contributed by atoms with Gasteiger partial charge in [0.15, 0.2) is 0 Å². The lowest BCUT2D eigenvalue weighted by Crippen LogP contribution is -2.41. The lowest BCUT2D eigenvalue weighted by Gasteiger charge is -2.31. The molecule has 3 rings (SSSR count). The van der Waals surface area contributed by atoms with E-state index >= 15 is 0 Å². The Labute approximate surface area is 175 Å². The Morgan fingerprint density at radius 3 is 2.45 bits per heavy atom. The molecule has 1 aromatic heterocycles. The summed E-state index contributed by atoms with van der Waals surface area (Å²) in [5.41, 5.74) is 2.66. The number of carbonyl (C=O) groups excluding carboxylic acids is 1. The first-order chi connectivity index (χ1) is 13.8. The van der Waals surface area contributed by atoms with Gasteiger partial charge in [-0.1, -0.05) is 57.5 Å². The third-order valence-electron chi connectivity index (χ3n) is 5.83. The molecule has 1 aliphatic rings. The van der Waals surface area contributed by atoms with Gasteiger partial charge in [0, 0.05) is 38.0 Å². The number of rotatable bonds is 8. The standard InChI is InChI=1S/C25H36N2O2/c1-18(2)13-27(25(28)19(3)4)15-22-14-26(16-23-7-6-12-29-23)17-24(22)21-10-8-20(5)9-11-21/h6-12,18-19,22,24H,13-17H2,1-5H3/t22-,24-/m0/s1. The Hall–Kier alpha value is -2.07. The summed E-state index contributed by atoms with van der Waals surface area (Å²) in [5, 5.41) is 0. The quantitative estimate of drug-likeness (QED) is 0.634. The van der Waals surface area contributed by atoms with Crippen molar-refractivity contribution in [3.63, 3.8) is 0 Å². The van der Waals surface area contributed by atoms with E-state index in [-0.39, 0.29) is 11.8 Å². The van der Waals surface area contributed by atoms with Gasteiger partial charge in [-0.2, -0.15) is 0 Å². The molecule has 2 atom stereocenters. The number of furan rings is 1. The van der Waals surface area contributed by atoms with Gasteiger partial charge in [0.1, 0.15) is 5.76 Å². The van der Waals surface area contributed by atoms with Crippen molar-refractivity contribution >= 4 is 5.91 Å². The van der Waals surface area contributed by atoms with E-state index in [9.17, 15) is 4.79 Å². The predicted octanol–water partition coefficient (Wildman–Crippen LogP) is 4.94. The third kappa shape index (κ3) is 5.72. The molecule has 4 nitrogen and oxygen atoms in total. The van der Waals surface area contributed by atoms with Gasteiger partial charge in [-0.15, -0.1) is 0 Å². The maximum atomic E-state index is 12.9. The normalized spacial score (nSPS) is 20.0. The van der Waals surface area contributed by atoms with Gasteiger partial charge in [0.2, 0.25) is 5.91 Å². The number of carbonyl (C=O) groups is 1. The van der Waals surface area contributed by atoms with Crippen LogP contribution in [0, 0.1) is 24.7 Å². The van der Waals surface area contributed by atoms with Crippen molar-refractivity contribution < 1.29 is 9.21 Å². The van der Waals surface area contributed by atoms with Crippen LogP contribution in [0.1, 0.15) is 50.5 Å². The highest BCUT2D eigenvalue weighted by Gasteiger charge is 2.36. The monoisotopic (exact) mass is 396 g/mol. The lowest BCUT2D eigenvalue weighted by molar-refractivity contribution is -0.135. The van der Waals surface area contributed by atoms with E-state index < -0.39 is 0 Å². The molecule has 0 N–H and O–H groups in total. The van der Waals surface area contributed by atoms with Crippen molar-refractivity contribution in [1.82, 2.24) is 9.80 Å². The van der Waals surface area contributed by atoms with Crippen LogP contribution in [-0.4, -0.2) is 41.9 Å². The molecule has 2 heterocycles. The molecule has 0 unspecified atom stereocenters. The van der Waals surface area contributed by atoms with Crippen LogP contribution in [0.5, 0.6) is 0 Å². The summed E-state index contributed by atoms with van der Waals surface area (Å²) < 4.78 is 5.58. The summed E-state index contributed by atoms with van der Waals surface area (Å²) in [6.45, 7) is 15.0. The van der Waals surface area contributed by atoms with E-state index in [2.05, 4.69) is 54.8 Å². The minimum absolute atomic E-state index is 0.0344. The van der Waals surface area contributed by atoms with Gasteiger partial charge >= 0.3 is 0 Å². The Bertz CT molecular complexity index is 765. The summed E-state index contributed by atoms with van der Waals surface area (Å²) >= 11 is 0. The number of aryl methyl sites for hydroxylation is 1. The first kappa shape index (κ1) is 21.6. The number of hydrogen-bond donors (Lipinski definition) is 0. The topological polar surface area (TPSA) is 36.7 Å². The highest BCUT2D eigenvalue weighted by molar-refractivity contribution is 5.78. The van der Waals surface area contributed by atoms with Crippen LogP contribution in [0.15, 0.2) is 47.1 Å². The molecule has 4 heteroatoms. The van der Waals surface area contributed by atoms with E-state index in [0.29, 0.717) is 17.8 Å². The summed E-state index contributed by atoms with van der Waals surface area (Å²) in [4.78, 5) is 17.5. The number of nitrogens with zero attached hydrogens (tertiary/aromatic N) is 2. The molecule has 2 aromatic rings. The Morgan fingerprint density at radius 1 is 1.14 bits per heavy atom. The van der Waals surface area contributed by atoms with Gasteiger partial charge in [-0.25, -0.2) is 0 Å². The first-order valence-corrected chi connectivity index (χ1v) is 10.9. The van der Waals surface area contributed by atoms with E-state index in [4.69, 9.17) is 4.42 Å². The predicted molar refractivity (Wildman–Crippen MR) is 118 cm³/mol. The minimum atomic E-state index is 0.0344. The SMILES string of the molecule is Cc1ccc([C@@H]2CN(Cc3ccco3)C[C@H]2CN(CC(C)C)C(=O)C(C)C)cc1. The van der Waals surface area contributed by atoms with Crippen LogP contribution in [0.3, 0.4) is 0 Å². The first-order valence-electron chi connectivity index (χ1n) is 10.9. The molecule has 0 spiro atoms. The molecular weight excluding hydrogens is 360 g/mol. The van der Waals surface area contributed by atoms with Crippen LogP contribution >= 0.6 is 0 Å². The highest BCUT2D eigenvalue weighted by Crippen LogP contribution is 2.34. The maximum Gasteiger partial charge on any atom is 0.225 e. The summed E-state index contributed by atoms with van der Waals surface area (Å²) in [6.07, 6.45) is 1.74. The fourth-order valence-corrected chi connectivity index (χ4v) is 4.43. The second kappa shape index (κ2) is 9.62. The zero-order valence-corrected chi connectivity index (χ0v) is 18.6. The molecule has 158 valence electrons. The second-order valence-corrected chi connectivity index (χ2v) is 9.34. The summed E-state index contributed by atoms with van der Waals surface area (Å²) in [7, 11) is 0. The van der Waals surface area contributed by atoms with E-state index in [1.165, 1.54) is 11.1 Å². The zero-order valence-electron chi connectivity index (χ0n) is 18.6. The van der Waals surface area contributed by atoms with E-state index in [1.54, 1.807) is 6.26 Å². The van der Waals surface area contributed by atoms with Gasteiger partial charge < -0.3 is 9.32 Å². The van der Waals surface area contributed by atoms with Crippen LogP contribution in [0.25, 0.3) is 0 Å². The minimum Gasteiger partial charge on any atom is -0.468 e. The molecule has 0 aliphatic carbocycles. The van der Waals surface area contributed by atoms with Crippen LogP contribution in [0.4, 0.5) is 0 Å². The molecule has 0 radical (unpaired) electrons. The summed E-state index contributed by atoms with van der Waals surface area (Å²) in [6, 6.07) is 12.9. The van der Waals surface area contributed by atoms with Gasteiger partial charge in [0.05, 0.1) is 12.8 Å². The molecule has 0 bridgehead atoms. The van der Waals surface area contributed by atoms with E-state index in [0.717, 1.165) is 38.5 Å². The van der Waals surface area contributed by atoms with Crippen molar-refractivity contribution in [3.8, 4) is 0 Å². The van der Waals surface area contributed by atoms with E-state index in [1.807, 2.05) is 26.0 Å². The number of amides is 1. The smallest absolute Gasteiger partial charge is 0.225 e. The molecule has 1 amide bonds. The maximum absolute atomic E-state index is 12.9. The zero-order chi connectivity index (χ0) is 21.0. The largest absolute Gasteiger partial charge is 0.468 e. The molecule has 0 saturated carbocycles. The molecule has 1 aromatic carbocycles. The fourth-order valence-electron chi connectivity index (χ4n) is 4.43. The van der Waals surface area contributed by atoms with Crippen molar-refractivity contribution in [1.29, 1.82) is 0 Å². The van der Waals surface area contributed by atoms with Crippen molar-refractivity contribution in [2.75, 3.05) is 26.2 Å². The Kier molecular flexibility index (Phi) is 7.18. The fraction of sp³-hybridized carbons (Fsp3) is 0.560. The lowest BCUT2D eigenvalue weighted by atomic mass is 9.88. The van der Waals surface area contributed by atoms with Crippen LogP contribution in [-0.2, 0) is 11.3 Å². The molecule has 1 aliphatic heterocycles. The average molecular weight is 397 g/mol. The highest BCUT2D eigenvalue weighted by atomic mass is 16.3. The summed E-state index contributed by atoms with van der Waals surface area (Å²) in [5.74, 6) is 2.63. The number of benzene rings is 1. The number of likely N-dealkylation sites (tertiary alicyclic amines) is 1. The third-order valence-corrected chi connectivity index (χ3v) is 5.83. The van der Waals surface area contributed by atoms with Gasteiger partial charge in [-0.05, 0) is 36.5 Å². The van der Waals surface area contributed by atoms with Crippen LogP contribution in [0.2, 0.25) is 0 Å². The van der Waals surface area contributed by atoms with Crippen LogP contribution < -0.4 is 0 Å². The van der Waals surface area contributed by atoms with Crippen molar-refractivity contribution in [3.05, 3.63) is 59.5 Å². The Morgan fingerprint density at radius 2 is 1.86 bits per heavy atom. The second-order valence-electron chi connectivity index (χ2n) is 9.34. The number of hydrogen-bond acceptors (Lipinski definition) is 3. The molecular formula is C25H36N2O2. The van der Waals surface area contributed by atoms with Crippen molar-refractivity contribution in [2.24, 2.45) is 17.8 Å². The average Bonchev–Trinajstić information content (AvgIpc) is 3.31. The Balaban J connectivity index is 1.80. The van der Waals surface area contributed by atoms with Crippen molar-refractivity contribution in [2.45, 2.75) is 47.1 Å². The van der Waals surface area contributed by atoms with Gasteiger partial charge in [-0.3, -0.25) is 9.69 Å². The molecule has 1 saturated heterocycles. The molecule has 1 fully saturated rings. The molecule has 29 heavy (non-hydrogen) atoms. The van der Waals surface area contributed by atoms with Gasteiger partial charge in [0.25, 0.3) is 0 Å².